The first kappa shape index (κ1) is 12.7. The standard InChI is InChI=1S/C13H12F3NO/c1-18-12-5-8(7-17)4-9-2-3-10(6-11(9)12)13(14,15)16/h2-6H,7,17H2,1H3. The molecule has 0 bridgehead atoms. The van der Waals surface area contributed by atoms with E-state index in [2.05, 4.69) is 0 Å². The number of alkyl halides is 3. The van der Waals surface area contributed by atoms with E-state index in [1.165, 1.54) is 13.2 Å². The van der Waals surface area contributed by atoms with Crippen LogP contribution in [-0.4, -0.2) is 7.11 Å². The van der Waals surface area contributed by atoms with Gasteiger partial charge in [0.15, 0.2) is 0 Å². The molecule has 0 aromatic heterocycles. The summed E-state index contributed by atoms with van der Waals surface area (Å²) in [6, 6.07) is 7.00. The van der Waals surface area contributed by atoms with Gasteiger partial charge in [-0.1, -0.05) is 6.07 Å². The number of rotatable bonds is 2. The average molecular weight is 255 g/mol. The van der Waals surface area contributed by atoms with Gasteiger partial charge >= 0.3 is 6.18 Å². The summed E-state index contributed by atoms with van der Waals surface area (Å²) in [5.41, 5.74) is 5.66. The highest BCUT2D eigenvalue weighted by Gasteiger charge is 2.30. The summed E-state index contributed by atoms with van der Waals surface area (Å²) in [7, 11) is 1.43. The third kappa shape index (κ3) is 2.26. The van der Waals surface area contributed by atoms with Crippen LogP contribution in [0.25, 0.3) is 10.8 Å². The van der Waals surface area contributed by atoms with Crippen molar-refractivity contribution >= 4 is 10.8 Å². The van der Waals surface area contributed by atoms with Crippen LogP contribution in [0.3, 0.4) is 0 Å². The molecule has 0 radical (unpaired) electrons. The number of halogens is 3. The van der Waals surface area contributed by atoms with Crippen molar-refractivity contribution < 1.29 is 17.9 Å². The van der Waals surface area contributed by atoms with Crippen LogP contribution in [-0.2, 0) is 12.7 Å². The molecule has 2 nitrogen and oxygen atoms in total. The summed E-state index contributed by atoms with van der Waals surface area (Å²) < 4.78 is 43.0. The number of fused-ring (bicyclic) bond motifs is 1. The summed E-state index contributed by atoms with van der Waals surface area (Å²) in [4.78, 5) is 0. The van der Waals surface area contributed by atoms with Crippen molar-refractivity contribution in [2.24, 2.45) is 5.73 Å². The third-order valence-electron chi connectivity index (χ3n) is 2.76. The molecule has 0 saturated heterocycles. The molecular formula is C13H12F3NO. The van der Waals surface area contributed by atoms with Gasteiger partial charge in [-0.2, -0.15) is 13.2 Å². The Labute approximate surface area is 102 Å². The lowest BCUT2D eigenvalue weighted by atomic mass is 10.0. The molecule has 0 aliphatic heterocycles. The second kappa shape index (κ2) is 4.49. The predicted octanol–water partition coefficient (Wildman–Crippen LogP) is 3.33. The molecule has 96 valence electrons. The minimum atomic E-state index is -4.36. The van der Waals surface area contributed by atoms with Crippen molar-refractivity contribution in [1.82, 2.24) is 0 Å². The topological polar surface area (TPSA) is 35.2 Å². The number of hydrogen-bond acceptors (Lipinski definition) is 2. The fourth-order valence-electron chi connectivity index (χ4n) is 1.85. The summed E-state index contributed by atoms with van der Waals surface area (Å²) >= 11 is 0. The molecule has 0 aliphatic rings. The van der Waals surface area contributed by atoms with Crippen molar-refractivity contribution in [1.29, 1.82) is 0 Å². The van der Waals surface area contributed by atoms with Crippen LogP contribution < -0.4 is 10.5 Å². The number of ether oxygens (including phenoxy) is 1. The molecule has 0 saturated carbocycles. The van der Waals surface area contributed by atoms with Gasteiger partial charge in [0.25, 0.3) is 0 Å². The summed E-state index contributed by atoms with van der Waals surface area (Å²) in [6.45, 7) is 0.313. The molecule has 2 rings (SSSR count). The van der Waals surface area contributed by atoms with E-state index in [0.29, 0.717) is 23.1 Å². The minimum Gasteiger partial charge on any atom is -0.496 e. The first-order valence-corrected chi connectivity index (χ1v) is 5.33. The number of methoxy groups -OCH3 is 1. The van der Waals surface area contributed by atoms with E-state index in [1.807, 2.05) is 0 Å². The molecule has 0 amide bonds. The zero-order valence-electron chi connectivity index (χ0n) is 9.71. The van der Waals surface area contributed by atoms with E-state index < -0.39 is 11.7 Å². The van der Waals surface area contributed by atoms with Gasteiger partial charge in [0, 0.05) is 11.9 Å². The van der Waals surface area contributed by atoms with Gasteiger partial charge in [-0.05, 0) is 35.2 Å². The van der Waals surface area contributed by atoms with Crippen LogP contribution in [0, 0.1) is 0 Å². The van der Waals surface area contributed by atoms with Crippen LogP contribution >= 0.6 is 0 Å². The normalized spacial score (nSPS) is 11.8. The van der Waals surface area contributed by atoms with Crippen molar-refractivity contribution in [3.8, 4) is 5.75 Å². The van der Waals surface area contributed by atoms with Crippen LogP contribution in [0.15, 0.2) is 30.3 Å². The smallest absolute Gasteiger partial charge is 0.416 e. The molecule has 2 aromatic carbocycles. The molecule has 0 heterocycles. The first-order valence-electron chi connectivity index (χ1n) is 5.33. The van der Waals surface area contributed by atoms with Gasteiger partial charge in [-0.15, -0.1) is 0 Å². The van der Waals surface area contributed by atoms with Gasteiger partial charge < -0.3 is 10.5 Å². The van der Waals surface area contributed by atoms with Crippen LogP contribution in [0.1, 0.15) is 11.1 Å². The fourth-order valence-corrected chi connectivity index (χ4v) is 1.85. The van der Waals surface area contributed by atoms with E-state index >= 15 is 0 Å². The van der Waals surface area contributed by atoms with Crippen LogP contribution in [0.2, 0.25) is 0 Å². The highest BCUT2D eigenvalue weighted by atomic mass is 19.4. The largest absolute Gasteiger partial charge is 0.496 e. The lowest BCUT2D eigenvalue weighted by Crippen LogP contribution is -2.05. The molecular weight excluding hydrogens is 243 g/mol. The Morgan fingerprint density at radius 3 is 2.44 bits per heavy atom. The second-order valence-corrected chi connectivity index (χ2v) is 3.94. The molecule has 0 spiro atoms. The summed E-state index contributed by atoms with van der Waals surface area (Å²) in [5.74, 6) is 0.402. The maximum absolute atomic E-state index is 12.6. The molecule has 0 unspecified atom stereocenters. The van der Waals surface area contributed by atoms with Crippen molar-refractivity contribution in [2.75, 3.05) is 7.11 Å². The molecule has 0 fully saturated rings. The third-order valence-corrected chi connectivity index (χ3v) is 2.76. The Hall–Kier alpha value is -1.75. The monoisotopic (exact) mass is 255 g/mol. The van der Waals surface area contributed by atoms with Gasteiger partial charge in [0.2, 0.25) is 0 Å². The SMILES string of the molecule is COc1cc(CN)cc2ccc(C(F)(F)F)cc12. The molecule has 5 heteroatoms. The minimum absolute atomic E-state index is 0.313. The van der Waals surface area contributed by atoms with Crippen molar-refractivity contribution in [3.63, 3.8) is 0 Å². The maximum atomic E-state index is 12.6. The number of hydrogen-bond donors (Lipinski definition) is 1. The second-order valence-electron chi connectivity index (χ2n) is 3.94. The molecule has 2 N–H and O–H groups in total. The lowest BCUT2D eigenvalue weighted by molar-refractivity contribution is -0.137. The van der Waals surface area contributed by atoms with E-state index in [4.69, 9.17) is 10.5 Å². The highest BCUT2D eigenvalue weighted by molar-refractivity contribution is 5.89. The Bertz CT molecular complexity index is 578. The lowest BCUT2D eigenvalue weighted by Gasteiger charge is -2.11. The highest BCUT2D eigenvalue weighted by Crippen LogP contribution is 2.35. The van der Waals surface area contributed by atoms with Gasteiger partial charge in [-0.25, -0.2) is 0 Å². The quantitative estimate of drug-likeness (QED) is 0.893. The van der Waals surface area contributed by atoms with Crippen molar-refractivity contribution in [2.45, 2.75) is 12.7 Å². The molecule has 0 aliphatic carbocycles. The number of benzene rings is 2. The van der Waals surface area contributed by atoms with E-state index in [1.54, 1.807) is 12.1 Å². The van der Waals surface area contributed by atoms with E-state index in [0.717, 1.165) is 17.7 Å². The Morgan fingerprint density at radius 2 is 1.89 bits per heavy atom. The first-order chi connectivity index (χ1) is 8.45. The van der Waals surface area contributed by atoms with Gasteiger partial charge in [-0.3, -0.25) is 0 Å². The Morgan fingerprint density at radius 1 is 1.17 bits per heavy atom. The number of nitrogens with two attached hydrogens (primary N) is 1. The zero-order valence-corrected chi connectivity index (χ0v) is 9.71. The van der Waals surface area contributed by atoms with E-state index in [-0.39, 0.29) is 0 Å². The average Bonchev–Trinajstić information content (AvgIpc) is 2.35. The molecule has 2 aromatic rings. The Balaban J connectivity index is 2.69. The van der Waals surface area contributed by atoms with Crippen molar-refractivity contribution in [3.05, 3.63) is 41.5 Å². The molecule has 18 heavy (non-hydrogen) atoms. The summed E-state index contributed by atoms with van der Waals surface area (Å²) in [5, 5.41) is 1.12. The zero-order chi connectivity index (χ0) is 13.3. The van der Waals surface area contributed by atoms with Gasteiger partial charge in [0.05, 0.1) is 12.7 Å². The molecule has 0 atom stereocenters. The van der Waals surface area contributed by atoms with Crippen LogP contribution in [0.4, 0.5) is 13.2 Å². The van der Waals surface area contributed by atoms with Crippen LogP contribution in [0.5, 0.6) is 5.75 Å². The summed E-state index contributed by atoms with van der Waals surface area (Å²) in [6.07, 6.45) is -4.36. The Kier molecular flexibility index (Phi) is 3.17. The van der Waals surface area contributed by atoms with E-state index in [9.17, 15) is 13.2 Å². The van der Waals surface area contributed by atoms with Gasteiger partial charge in [0.1, 0.15) is 5.75 Å². The predicted molar refractivity (Wildman–Crippen MR) is 63.4 cm³/mol. The fraction of sp³-hybridized carbons (Fsp3) is 0.231. The maximum Gasteiger partial charge on any atom is 0.416 e.